The zero-order chi connectivity index (χ0) is 14.7. The van der Waals surface area contributed by atoms with Gasteiger partial charge >= 0.3 is 5.97 Å². The molecular formula is C15H12FNO3. The van der Waals surface area contributed by atoms with Crippen LogP contribution in [-0.4, -0.2) is 17.0 Å². The maximum absolute atomic E-state index is 12.8. The average Bonchev–Trinajstić information content (AvgIpc) is 2.41. The molecule has 0 atom stereocenters. The lowest BCUT2D eigenvalue weighted by molar-refractivity contribution is 0.0698. The summed E-state index contributed by atoms with van der Waals surface area (Å²) in [4.78, 5) is 23.1. The first-order valence-corrected chi connectivity index (χ1v) is 5.88. The van der Waals surface area contributed by atoms with E-state index in [9.17, 15) is 14.0 Å². The van der Waals surface area contributed by atoms with E-state index in [0.29, 0.717) is 0 Å². The summed E-state index contributed by atoms with van der Waals surface area (Å²) in [7, 11) is 0. The number of carboxylic acid groups (broad SMARTS) is 1. The zero-order valence-corrected chi connectivity index (χ0v) is 10.7. The van der Waals surface area contributed by atoms with Gasteiger partial charge in [0.05, 0.1) is 11.3 Å². The summed E-state index contributed by atoms with van der Waals surface area (Å²) in [5.41, 5.74) is 1.25. The summed E-state index contributed by atoms with van der Waals surface area (Å²) in [5.74, 6) is -2.05. The number of rotatable bonds is 3. The van der Waals surface area contributed by atoms with Crippen LogP contribution < -0.4 is 5.32 Å². The normalized spacial score (nSPS) is 10.1. The molecule has 0 saturated carbocycles. The SMILES string of the molecule is Cc1ccc(NC(=O)c2ccc(F)cc2)c(C(=O)O)c1. The monoisotopic (exact) mass is 273 g/mol. The van der Waals surface area contributed by atoms with E-state index in [4.69, 9.17) is 5.11 Å². The lowest BCUT2D eigenvalue weighted by Crippen LogP contribution is -2.15. The minimum absolute atomic E-state index is 0.0143. The minimum Gasteiger partial charge on any atom is -0.478 e. The van der Waals surface area contributed by atoms with Gasteiger partial charge in [0.25, 0.3) is 5.91 Å². The molecule has 1 amide bonds. The largest absolute Gasteiger partial charge is 0.478 e. The highest BCUT2D eigenvalue weighted by atomic mass is 19.1. The van der Waals surface area contributed by atoms with E-state index < -0.39 is 17.7 Å². The predicted molar refractivity (Wildman–Crippen MR) is 72.5 cm³/mol. The van der Waals surface area contributed by atoms with Crippen LogP contribution in [0.4, 0.5) is 10.1 Å². The number of nitrogens with one attached hydrogen (secondary N) is 1. The fourth-order valence-corrected chi connectivity index (χ4v) is 1.74. The van der Waals surface area contributed by atoms with Crippen LogP contribution in [0, 0.1) is 12.7 Å². The van der Waals surface area contributed by atoms with Gasteiger partial charge < -0.3 is 10.4 Å². The van der Waals surface area contributed by atoms with Gasteiger partial charge in [-0.05, 0) is 43.3 Å². The maximum atomic E-state index is 12.8. The molecule has 0 heterocycles. The molecule has 0 aliphatic rings. The number of carbonyl (C=O) groups is 2. The van der Waals surface area contributed by atoms with Gasteiger partial charge in [0.1, 0.15) is 5.82 Å². The van der Waals surface area contributed by atoms with Crippen molar-refractivity contribution in [1.82, 2.24) is 0 Å². The molecule has 0 radical (unpaired) electrons. The summed E-state index contributed by atoms with van der Waals surface area (Å²) in [6.45, 7) is 1.76. The van der Waals surface area contributed by atoms with E-state index in [1.807, 2.05) is 0 Å². The number of carbonyl (C=O) groups excluding carboxylic acids is 1. The molecule has 2 rings (SSSR count). The summed E-state index contributed by atoms with van der Waals surface area (Å²) >= 11 is 0. The Morgan fingerprint density at radius 3 is 2.35 bits per heavy atom. The summed E-state index contributed by atoms with van der Waals surface area (Å²) in [6.07, 6.45) is 0. The molecule has 4 nitrogen and oxygen atoms in total. The first-order chi connectivity index (χ1) is 9.47. The van der Waals surface area contributed by atoms with Gasteiger partial charge in [-0.1, -0.05) is 11.6 Å². The number of amides is 1. The van der Waals surface area contributed by atoms with Crippen molar-refractivity contribution in [2.75, 3.05) is 5.32 Å². The molecule has 0 bridgehead atoms. The van der Waals surface area contributed by atoms with Crippen LogP contribution in [0.2, 0.25) is 0 Å². The number of benzene rings is 2. The first kappa shape index (κ1) is 13.7. The van der Waals surface area contributed by atoms with E-state index in [-0.39, 0.29) is 16.8 Å². The predicted octanol–water partition coefficient (Wildman–Crippen LogP) is 3.08. The van der Waals surface area contributed by atoms with Gasteiger partial charge in [-0.3, -0.25) is 4.79 Å². The third-order valence-corrected chi connectivity index (χ3v) is 2.76. The highest BCUT2D eigenvalue weighted by Crippen LogP contribution is 2.18. The standard InChI is InChI=1S/C15H12FNO3/c1-9-2-7-13(12(8-9)15(19)20)17-14(18)10-3-5-11(16)6-4-10/h2-8H,1H3,(H,17,18)(H,19,20). The van der Waals surface area contributed by atoms with Crippen LogP contribution in [0.15, 0.2) is 42.5 Å². The van der Waals surface area contributed by atoms with Crippen molar-refractivity contribution in [3.05, 3.63) is 65.0 Å². The van der Waals surface area contributed by atoms with E-state index in [1.54, 1.807) is 13.0 Å². The molecule has 0 unspecified atom stereocenters. The smallest absolute Gasteiger partial charge is 0.337 e. The Balaban J connectivity index is 2.28. The van der Waals surface area contributed by atoms with Crippen LogP contribution in [0.25, 0.3) is 0 Å². The van der Waals surface area contributed by atoms with Crippen molar-refractivity contribution in [2.24, 2.45) is 0 Å². The number of aromatic carboxylic acids is 1. The average molecular weight is 273 g/mol. The second-order valence-electron chi connectivity index (χ2n) is 4.32. The minimum atomic E-state index is -1.12. The Morgan fingerprint density at radius 1 is 1.10 bits per heavy atom. The van der Waals surface area contributed by atoms with Crippen molar-refractivity contribution in [1.29, 1.82) is 0 Å². The molecule has 2 aromatic carbocycles. The van der Waals surface area contributed by atoms with Crippen molar-refractivity contribution in [2.45, 2.75) is 6.92 Å². The molecule has 0 aromatic heterocycles. The number of carboxylic acids is 1. The molecule has 102 valence electrons. The third-order valence-electron chi connectivity index (χ3n) is 2.76. The zero-order valence-electron chi connectivity index (χ0n) is 10.7. The lowest BCUT2D eigenvalue weighted by Gasteiger charge is -2.09. The number of hydrogen-bond acceptors (Lipinski definition) is 2. The van der Waals surface area contributed by atoms with Gasteiger partial charge in [0, 0.05) is 5.56 Å². The Bertz CT molecular complexity index is 665. The van der Waals surface area contributed by atoms with Crippen molar-refractivity contribution < 1.29 is 19.1 Å². The van der Waals surface area contributed by atoms with Crippen LogP contribution in [-0.2, 0) is 0 Å². The molecule has 2 N–H and O–H groups in total. The second-order valence-corrected chi connectivity index (χ2v) is 4.32. The molecular weight excluding hydrogens is 261 g/mol. The van der Waals surface area contributed by atoms with Gasteiger partial charge in [-0.15, -0.1) is 0 Å². The Kier molecular flexibility index (Phi) is 3.79. The van der Waals surface area contributed by atoms with E-state index in [0.717, 1.165) is 5.56 Å². The summed E-state index contributed by atoms with van der Waals surface area (Å²) < 4.78 is 12.8. The maximum Gasteiger partial charge on any atom is 0.337 e. The Morgan fingerprint density at radius 2 is 1.75 bits per heavy atom. The van der Waals surface area contributed by atoms with E-state index >= 15 is 0 Å². The molecule has 0 fully saturated rings. The number of anilines is 1. The first-order valence-electron chi connectivity index (χ1n) is 5.88. The fourth-order valence-electron chi connectivity index (χ4n) is 1.74. The van der Waals surface area contributed by atoms with Crippen LogP contribution in [0.5, 0.6) is 0 Å². The molecule has 0 aliphatic heterocycles. The highest BCUT2D eigenvalue weighted by molar-refractivity contribution is 6.07. The van der Waals surface area contributed by atoms with Crippen molar-refractivity contribution in [3.8, 4) is 0 Å². The molecule has 20 heavy (non-hydrogen) atoms. The summed E-state index contributed by atoms with van der Waals surface area (Å²) in [5, 5.41) is 11.6. The van der Waals surface area contributed by atoms with Crippen LogP contribution in [0.1, 0.15) is 26.3 Å². The third kappa shape index (κ3) is 3.00. The van der Waals surface area contributed by atoms with Crippen LogP contribution >= 0.6 is 0 Å². The Labute approximate surface area is 114 Å². The van der Waals surface area contributed by atoms with Gasteiger partial charge in [0.15, 0.2) is 0 Å². The number of hydrogen-bond donors (Lipinski definition) is 2. The number of aryl methyl sites for hydroxylation is 1. The van der Waals surface area contributed by atoms with E-state index in [1.165, 1.54) is 36.4 Å². The molecule has 2 aromatic rings. The summed E-state index contributed by atoms with van der Waals surface area (Å²) in [6, 6.07) is 9.71. The van der Waals surface area contributed by atoms with Gasteiger partial charge in [-0.25, -0.2) is 9.18 Å². The van der Waals surface area contributed by atoms with Crippen molar-refractivity contribution >= 4 is 17.6 Å². The molecule has 0 saturated heterocycles. The molecule has 0 spiro atoms. The van der Waals surface area contributed by atoms with Crippen LogP contribution in [0.3, 0.4) is 0 Å². The molecule has 5 heteroatoms. The topological polar surface area (TPSA) is 66.4 Å². The Hall–Kier alpha value is -2.69. The quantitative estimate of drug-likeness (QED) is 0.903. The van der Waals surface area contributed by atoms with E-state index in [2.05, 4.69) is 5.32 Å². The number of halogens is 1. The van der Waals surface area contributed by atoms with Crippen molar-refractivity contribution in [3.63, 3.8) is 0 Å². The second kappa shape index (κ2) is 5.52. The fraction of sp³-hybridized carbons (Fsp3) is 0.0667. The molecule has 0 aliphatic carbocycles. The highest BCUT2D eigenvalue weighted by Gasteiger charge is 2.13. The lowest BCUT2D eigenvalue weighted by atomic mass is 10.1. The van der Waals surface area contributed by atoms with Gasteiger partial charge in [-0.2, -0.15) is 0 Å². The van der Waals surface area contributed by atoms with Gasteiger partial charge in [0.2, 0.25) is 0 Å².